The summed E-state index contributed by atoms with van der Waals surface area (Å²) >= 11 is 0. The van der Waals surface area contributed by atoms with Gasteiger partial charge >= 0.3 is 5.97 Å². The smallest absolute Gasteiger partial charge is 0.325 e. The van der Waals surface area contributed by atoms with Crippen LogP contribution in [0.3, 0.4) is 0 Å². The van der Waals surface area contributed by atoms with E-state index in [2.05, 4.69) is 10.6 Å². The molecule has 152 valence electrons. The largest absolute Gasteiger partial charge is 0.454 e. The number of nitrogens with one attached hydrogen (secondary N) is 2. The van der Waals surface area contributed by atoms with Crippen LogP contribution >= 0.6 is 0 Å². The highest BCUT2D eigenvalue weighted by Gasteiger charge is 2.17. The second-order valence-electron chi connectivity index (χ2n) is 6.73. The molecule has 0 saturated carbocycles. The van der Waals surface area contributed by atoms with E-state index in [-0.39, 0.29) is 25.2 Å². The van der Waals surface area contributed by atoms with Crippen LogP contribution in [0, 0.1) is 0 Å². The lowest BCUT2D eigenvalue weighted by molar-refractivity contribution is -0.147. The summed E-state index contributed by atoms with van der Waals surface area (Å²) in [6, 6.07) is 16.9. The number of carbonyl (C=O) groups excluding carboxylic acids is 3. The molecule has 2 aromatic carbocycles. The van der Waals surface area contributed by atoms with Crippen molar-refractivity contribution in [2.45, 2.75) is 18.9 Å². The monoisotopic (exact) mass is 396 g/mol. The van der Waals surface area contributed by atoms with Crippen molar-refractivity contribution in [1.82, 2.24) is 10.6 Å². The van der Waals surface area contributed by atoms with Gasteiger partial charge in [0, 0.05) is 18.7 Å². The second-order valence-corrected chi connectivity index (χ2v) is 6.73. The molecule has 1 saturated heterocycles. The molecule has 1 aliphatic heterocycles. The van der Waals surface area contributed by atoms with Crippen molar-refractivity contribution in [2.24, 2.45) is 0 Å². The predicted octanol–water partition coefficient (Wildman–Crippen LogP) is 1.92. The number of benzene rings is 2. The van der Waals surface area contributed by atoms with Crippen LogP contribution in [0.15, 0.2) is 54.6 Å². The van der Waals surface area contributed by atoms with Gasteiger partial charge in [0.25, 0.3) is 11.8 Å². The van der Waals surface area contributed by atoms with E-state index in [4.69, 9.17) is 9.47 Å². The lowest BCUT2D eigenvalue weighted by Gasteiger charge is -2.11. The summed E-state index contributed by atoms with van der Waals surface area (Å²) in [6.45, 7) is 0.432. The molecule has 0 aliphatic carbocycles. The second kappa shape index (κ2) is 10.4. The minimum absolute atomic E-state index is 0.0298. The van der Waals surface area contributed by atoms with Gasteiger partial charge in [-0.15, -0.1) is 0 Å². The molecule has 2 amide bonds. The summed E-state index contributed by atoms with van der Waals surface area (Å²) in [5.74, 6) is -1.45. The minimum Gasteiger partial charge on any atom is -0.454 e. The molecule has 0 spiro atoms. The molecule has 29 heavy (non-hydrogen) atoms. The Morgan fingerprint density at radius 3 is 2.38 bits per heavy atom. The van der Waals surface area contributed by atoms with Crippen molar-refractivity contribution in [3.8, 4) is 11.1 Å². The van der Waals surface area contributed by atoms with Gasteiger partial charge in [-0.2, -0.15) is 0 Å². The summed E-state index contributed by atoms with van der Waals surface area (Å²) in [4.78, 5) is 35.6. The maximum absolute atomic E-state index is 12.2. The molecule has 0 bridgehead atoms. The molecule has 0 radical (unpaired) electrons. The van der Waals surface area contributed by atoms with E-state index in [1.807, 2.05) is 42.5 Å². The van der Waals surface area contributed by atoms with Crippen molar-refractivity contribution in [3.63, 3.8) is 0 Å². The molecular formula is C22H24N2O5. The third kappa shape index (κ3) is 6.43. The molecular weight excluding hydrogens is 372 g/mol. The first-order valence-corrected chi connectivity index (χ1v) is 9.59. The molecule has 0 aromatic heterocycles. The highest BCUT2D eigenvalue weighted by atomic mass is 16.5. The molecule has 1 fully saturated rings. The maximum atomic E-state index is 12.2. The van der Waals surface area contributed by atoms with Crippen LogP contribution in [0.25, 0.3) is 11.1 Å². The first-order chi connectivity index (χ1) is 14.1. The fourth-order valence-electron chi connectivity index (χ4n) is 2.98. The van der Waals surface area contributed by atoms with Crippen molar-refractivity contribution < 1.29 is 23.9 Å². The SMILES string of the molecule is O=C(COC(=O)CNC(=O)c1ccc(-c2ccccc2)cc1)NC[C@H]1CCCO1. The number of ether oxygens (including phenoxy) is 2. The zero-order valence-corrected chi connectivity index (χ0v) is 16.1. The molecule has 0 unspecified atom stereocenters. The van der Waals surface area contributed by atoms with Gasteiger partial charge in [-0.25, -0.2) is 0 Å². The summed E-state index contributed by atoms with van der Waals surface area (Å²) in [6.07, 6.45) is 1.94. The molecule has 1 aliphatic rings. The van der Waals surface area contributed by atoms with Gasteiger partial charge in [-0.3, -0.25) is 14.4 Å². The van der Waals surface area contributed by atoms with Crippen LogP contribution in [0.5, 0.6) is 0 Å². The van der Waals surface area contributed by atoms with Crippen LogP contribution in [0.1, 0.15) is 23.2 Å². The Kier molecular flexibility index (Phi) is 7.35. The van der Waals surface area contributed by atoms with Gasteiger partial charge in [0.15, 0.2) is 6.61 Å². The highest BCUT2D eigenvalue weighted by molar-refractivity contribution is 5.96. The van der Waals surface area contributed by atoms with Crippen LogP contribution in [0.4, 0.5) is 0 Å². The average Bonchev–Trinajstić information content (AvgIpc) is 3.29. The van der Waals surface area contributed by atoms with E-state index >= 15 is 0 Å². The Balaban J connectivity index is 1.37. The molecule has 3 rings (SSSR count). The average molecular weight is 396 g/mol. The number of amides is 2. The first kappa shape index (κ1) is 20.5. The van der Waals surface area contributed by atoms with E-state index in [0.717, 1.165) is 24.0 Å². The van der Waals surface area contributed by atoms with E-state index < -0.39 is 11.9 Å². The number of esters is 1. The molecule has 7 heteroatoms. The van der Waals surface area contributed by atoms with Crippen LogP contribution in [0.2, 0.25) is 0 Å². The Morgan fingerprint density at radius 1 is 0.966 bits per heavy atom. The number of carbonyl (C=O) groups is 3. The zero-order valence-electron chi connectivity index (χ0n) is 16.1. The van der Waals surface area contributed by atoms with Gasteiger partial charge < -0.3 is 20.1 Å². The first-order valence-electron chi connectivity index (χ1n) is 9.59. The van der Waals surface area contributed by atoms with Crippen molar-refractivity contribution >= 4 is 17.8 Å². The quantitative estimate of drug-likeness (QED) is 0.665. The molecule has 2 N–H and O–H groups in total. The predicted molar refractivity (Wildman–Crippen MR) is 107 cm³/mol. The van der Waals surface area contributed by atoms with Crippen LogP contribution in [-0.4, -0.2) is 50.2 Å². The number of hydrogen-bond donors (Lipinski definition) is 2. The number of hydrogen-bond acceptors (Lipinski definition) is 5. The molecule has 2 aromatic rings. The van der Waals surface area contributed by atoms with Gasteiger partial charge in [-0.05, 0) is 36.1 Å². The number of rotatable bonds is 8. The van der Waals surface area contributed by atoms with Crippen molar-refractivity contribution in [1.29, 1.82) is 0 Å². The third-order valence-electron chi connectivity index (χ3n) is 4.56. The highest BCUT2D eigenvalue weighted by Crippen LogP contribution is 2.19. The van der Waals surface area contributed by atoms with Crippen molar-refractivity contribution in [2.75, 3.05) is 26.3 Å². The van der Waals surface area contributed by atoms with E-state index in [1.165, 1.54) is 0 Å². The molecule has 1 atom stereocenters. The fourth-order valence-corrected chi connectivity index (χ4v) is 2.98. The summed E-state index contributed by atoms with van der Waals surface area (Å²) < 4.78 is 10.3. The van der Waals surface area contributed by atoms with Gasteiger partial charge in [0.1, 0.15) is 6.54 Å². The topological polar surface area (TPSA) is 93.7 Å². The van der Waals surface area contributed by atoms with Crippen LogP contribution < -0.4 is 10.6 Å². The Morgan fingerprint density at radius 2 is 1.69 bits per heavy atom. The van der Waals surface area contributed by atoms with Crippen molar-refractivity contribution in [3.05, 3.63) is 60.2 Å². The summed E-state index contributed by atoms with van der Waals surface area (Å²) in [5.41, 5.74) is 2.49. The van der Waals surface area contributed by atoms with E-state index in [0.29, 0.717) is 18.7 Å². The van der Waals surface area contributed by atoms with E-state index in [9.17, 15) is 14.4 Å². The summed E-state index contributed by atoms with van der Waals surface area (Å²) in [7, 11) is 0. The Labute approximate surface area is 169 Å². The van der Waals surface area contributed by atoms with Gasteiger partial charge in [-0.1, -0.05) is 42.5 Å². The standard InChI is InChI=1S/C22H24N2O5/c25-20(23-13-19-7-4-12-28-19)15-29-21(26)14-24-22(27)18-10-8-17(9-11-18)16-5-2-1-3-6-16/h1-3,5-6,8-11,19H,4,7,12-15H2,(H,23,25)(H,24,27)/t19-/m1/s1. The maximum Gasteiger partial charge on any atom is 0.325 e. The van der Waals surface area contributed by atoms with Gasteiger partial charge in [0.05, 0.1) is 6.10 Å². The normalized spacial score (nSPS) is 15.5. The fraction of sp³-hybridized carbons (Fsp3) is 0.318. The van der Waals surface area contributed by atoms with E-state index in [1.54, 1.807) is 12.1 Å². The third-order valence-corrected chi connectivity index (χ3v) is 4.56. The summed E-state index contributed by atoms with van der Waals surface area (Å²) in [5, 5.41) is 5.15. The van der Waals surface area contributed by atoms with Gasteiger partial charge in [0.2, 0.25) is 0 Å². The molecule has 1 heterocycles. The minimum atomic E-state index is -0.675. The lowest BCUT2D eigenvalue weighted by atomic mass is 10.0. The Bertz CT molecular complexity index is 830. The lowest BCUT2D eigenvalue weighted by Crippen LogP contribution is -2.36. The van der Waals surface area contributed by atoms with Crippen LogP contribution in [-0.2, 0) is 19.1 Å². The zero-order chi connectivity index (χ0) is 20.5. The molecule has 7 nitrogen and oxygen atoms in total. The Hall–Kier alpha value is -3.19.